The molecule has 1 unspecified atom stereocenters. The van der Waals surface area contributed by atoms with Gasteiger partial charge < -0.3 is 10.4 Å². The van der Waals surface area contributed by atoms with Crippen molar-refractivity contribution in [3.63, 3.8) is 0 Å². The van der Waals surface area contributed by atoms with E-state index in [2.05, 4.69) is 5.32 Å². The highest BCUT2D eigenvalue weighted by Gasteiger charge is 2.30. The summed E-state index contributed by atoms with van der Waals surface area (Å²) in [6.07, 6.45) is 0.763. The van der Waals surface area contributed by atoms with Crippen LogP contribution in [0, 0.1) is 5.41 Å². The van der Waals surface area contributed by atoms with Crippen molar-refractivity contribution in [1.29, 1.82) is 0 Å². The van der Waals surface area contributed by atoms with Crippen LogP contribution in [-0.4, -0.2) is 23.0 Å². The minimum Gasteiger partial charge on any atom is -0.481 e. The van der Waals surface area contributed by atoms with E-state index in [0.29, 0.717) is 0 Å². The Balaban J connectivity index is 2.43. The molecule has 0 radical (unpaired) electrons. The van der Waals surface area contributed by atoms with Crippen molar-refractivity contribution in [2.24, 2.45) is 5.41 Å². The van der Waals surface area contributed by atoms with Gasteiger partial charge in [-0.2, -0.15) is 11.3 Å². The minimum atomic E-state index is -1.02. The molecule has 0 spiro atoms. The van der Waals surface area contributed by atoms with Gasteiger partial charge in [-0.3, -0.25) is 9.59 Å². The van der Waals surface area contributed by atoms with Gasteiger partial charge in [0.2, 0.25) is 5.91 Å². The highest BCUT2D eigenvalue weighted by Crippen LogP contribution is 2.20. The number of amides is 1. The van der Waals surface area contributed by atoms with Crippen LogP contribution >= 0.6 is 11.3 Å². The summed E-state index contributed by atoms with van der Waals surface area (Å²) in [6.45, 7) is 5.03. The summed E-state index contributed by atoms with van der Waals surface area (Å²) in [5.41, 5.74) is 0.164. The normalized spacial score (nSPS) is 13.1. The number of rotatable bonds is 6. The molecule has 1 aromatic heterocycles. The number of carbonyl (C=O) groups excluding carboxylic acids is 1. The first-order chi connectivity index (χ1) is 8.31. The molecule has 0 saturated carbocycles. The zero-order valence-electron chi connectivity index (χ0n) is 10.9. The molecule has 5 heteroatoms. The number of carbonyl (C=O) groups is 2. The van der Waals surface area contributed by atoms with Crippen LogP contribution < -0.4 is 5.32 Å². The van der Waals surface area contributed by atoms with Gasteiger partial charge in [-0.05, 0) is 49.6 Å². The van der Waals surface area contributed by atoms with E-state index in [0.717, 1.165) is 6.42 Å². The van der Waals surface area contributed by atoms with Crippen molar-refractivity contribution < 1.29 is 14.7 Å². The number of carboxylic acids is 1. The lowest BCUT2D eigenvalue weighted by Crippen LogP contribution is -2.38. The third kappa shape index (κ3) is 4.49. The predicted molar refractivity (Wildman–Crippen MR) is 71.7 cm³/mol. The summed E-state index contributed by atoms with van der Waals surface area (Å²) >= 11 is 1.62. The molecule has 4 nitrogen and oxygen atoms in total. The van der Waals surface area contributed by atoms with Crippen LogP contribution in [0.4, 0.5) is 0 Å². The summed E-state index contributed by atoms with van der Waals surface area (Å²) in [5, 5.41) is 15.8. The molecule has 100 valence electrons. The van der Waals surface area contributed by atoms with E-state index >= 15 is 0 Å². The molecule has 1 rings (SSSR count). The number of carboxylic acid groups (broad SMARTS) is 1. The number of hydrogen-bond acceptors (Lipinski definition) is 3. The molecule has 2 N–H and O–H groups in total. The fourth-order valence-electron chi connectivity index (χ4n) is 1.62. The Bertz CT molecular complexity index is 412. The first kappa shape index (κ1) is 14.7. The molecular weight excluding hydrogens is 250 g/mol. The number of hydrogen-bond donors (Lipinski definition) is 2. The van der Waals surface area contributed by atoms with E-state index in [4.69, 9.17) is 5.11 Å². The summed E-state index contributed by atoms with van der Waals surface area (Å²) in [5.74, 6) is -1.17. The number of thiophene rings is 1. The topological polar surface area (TPSA) is 66.4 Å². The fourth-order valence-corrected chi connectivity index (χ4v) is 2.30. The summed E-state index contributed by atoms with van der Waals surface area (Å²) < 4.78 is 0. The van der Waals surface area contributed by atoms with Crippen molar-refractivity contribution >= 4 is 23.2 Å². The van der Waals surface area contributed by atoms with E-state index in [9.17, 15) is 9.59 Å². The Morgan fingerprint density at radius 2 is 2.17 bits per heavy atom. The molecule has 0 fully saturated rings. The van der Waals surface area contributed by atoms with Crippen molar-refractivity contribution in [3.05, 3.63) is 22.4 Å². The Kier molecular flexibility index (Phi) is 4.90. The molecule has 1 atom stereocenters. The second kappa shape index (κ2) is 6.00. The maximum atomic E-state index is 11.7. The number of nitrogens with one attached hydrogen (secondary N) is 1. The molecule has 1 amide bonds. The quantitative estimate of drug-likeness (QED) is 0.832. The van der Waals surface area contributed by atoms with Crippen molar-refractivity contribution in [2.75, 3.05) is 0 Å². The average Bonchev–Trinajstić information content (AvgIpc) is 2.68. The second-order valence-corrected chi connectivity index (χ2v) is 5.95. The molecule has 0 aliphatic heterocycles. The largest absolute Gasteiger partial charge is 0.481 e. The van der Waals surface area contributed by atoms with Gasteiger partial charge in [0, 0.05) is 12.5 Å². The SMILES string of the molecule is CC(Cc1ccsc1)NC(=O)CC(C)(C)C(=O)O. The second-order valence-electron chi connectivity index (χ2n) is 5.17. The van der Waals surface area contributed by atoms with Gasteiger partial charge in [0.05, 0.1) is 5.41 Å². The zero-order valence-corrected chi connectivity index (χ0v) is 11.7. The fraction of sp³-hybridized carbons (Fsp3) is 0.538. The monoisotopic (exact) mass is 269 g/mol. The van der Waals surface area contributed by atoms with Crippen LogP contribution in [0.15, 0.2) is 16.8 Å². The summed E-state index contributed by atoms with van der Waals surface area (Å²) in [6, 6.07) is 2.03. The highest BCUT2D eigenvalue weighted by atomic mass is 32.1. The van der Waals surface area contributed by atoms with Gasteiger partial charge in [-0.1, -0.05) is 0 Å². The predicted octanol–water partition coefficient (Wildman–Crippen LogP) is 2.30. The number of aliphatic carboxylic acids is 1. The van der Waals surface area contributed by atoms with E-state index in [-0.39, 0.29) is 18.4 Å². The van der Waals surface area contributed by atoms with Crippen molar-refractivity contribution in [3.8, 4) is 0 Å². The van der Waals surface area contributed by atoms with Gasteiger partial charge in [0.15, 0.2) is 0 Å². The molecule has 1 aromatic rings. The van der Waals surface area contributed by atoms with Gasteiger partial charge in [-0.15, -0.1) is 0 Å². The van der Waals surface area contributed by atoms with Crippen LogP contribution in [0.1, 0.15) is 32.8 Å². The Labute approximate surface area is 111 Å². The minimum absolute atomic E-state index is 0.00366. The van der Waals surface area contributed by atoms with E-state index in [1.54, 1.807) is 25.2 Å². The maximum absolute atomic E-state index is 11.7. The van der Waals surface area contributed by atoms with Gasteiger partial charge >= 0.3 is 5.97 Å². The van der Waals surface area contributed by atoms with Crippen LogP contribution in [0.3, 0.4) is 0 Å². The average molecular weight is 269 g/mol. The lowest BCUT2D eigenvalue weighted by molar-refractivity contribution is -0.149. The van der Waals surface area contributed by atoms with Gasteiger partial charge in [-0.25, -0.2) is 0 Å². The molecule has 0 aromatic carbocycles. The van der Waals surface area contributed by atoms with Crippen LogP contribution in [0.25, 0.3) is 0 Å². The molecule has 1 heterocycles. The molecule has 0 aliphatic rings. The van der Waals surface area contributed by atoms with Crippen molar-refractivity contribution in [2.45, 2.75) is 39.7 Å². The van der Waals surface area contributed by atoms with Crippen LogP contribution in [0.2, 0.25) is 0 Å². The molecule has 18 heavy (non-hydrogen) atoms. The van der Waals surface area contributed by atoms with Crippen molar-refractivity contribution in [1.82, 2.24) is 5.32 Å². The van der Waals surface area contributed by atoms with Crippen LogP contribution in [-0.2, 0) is 16.0 Å². The van der Waals surface area contributed by atoms with E-state index in [1.807, 2.05) is 23.8 Å². The van der Waals surface area contributed by atoms with Gasteiger partial charge in [0.25, 0.3) is 0 Å². The first-order valence-corrected chi connectivity index (χ1v) is 6.79. The summed E-state index contributed by atoms with van der Waals surface area (Å²) in [7, 11) is 0. The lowest BCUT2D eigenvalue weighted by Gasteiger charge is -2.20. The molecule has 0 bridgehead atoms. The Hall–Kier alpha value is -1.36. The van der Waals surface area contributed by atoms with Gasteiger partial charge in [0.1, 0.15) is 0 Å². The third-order valence-electron chi connectivity index (χ3n) is 2.71. The smallest absolute Gasteiger partial charge is 0.309 e. The standard InChI is InChI=1S/C13H19NO3S/c1-9(6-10-4-5-18-8-10)14-11(15)7-13(2,3)12(16)17/h4-5,8-9H,6-7H2,1-3H3,(H,14,15)(H,16,17). The van der Waals surface area contributed by atoms with Crippen LogP contribution in [0.5, 0.6) is 0 Å². The Morgan fingerprint density at radius 1 is 1.50 bits per heavy atom. The Morgan fingerprint density at radius 3 is 2.67 bits per heavy atom. The molecule has 0 aliphatic carbocycles. The van der Waals surface area contributed by atoms with E-state index < -0.39 is 11.4 Å². The lowest BCUT2D eigenvalue weighted by atomic mass is 9.89. The molecular formula is C13H19NO3S. The summed E-state index contributed by atoms with van der Waals surface area (Å²) in [4.78, 5) is 22.7. The zero-order chi connectivity index (χ0) is 13.8. The maximum Gasteiger partial charge on any atom is 0.309 e. The van der Waals surface area contributed by atoms with E-state index in [1.165, 1.54) is 5.56 Å². The first-order valence-electron chi connectivity index (χ1n) is 5.85. The molecule has 0 saturated heterocycles. The third-order valence-corrected chi connectivity index (χ3v) is 3.44. The highest BCUT2D eigenvalue weighted by molar-refractivity contribution is 7.07.